The van der Waals surface area contributed by atoms with Crippen LogP contribution in [-0.4, -0.2) is 75.3 Å². The van der Waals surface area contributed by atoms with Crippen molar-refractivity contribution >= 4 is 35.0 Å². The van der Waals surface area contributed by atoms with Gasteiger partial charge >= 0.3 is 12.1 Å². The van der Waals surface area contributed by atoms with E-state index in [1.54, 1.807) is 23.4 Å². The summed E-state index contributed by atoms with van der Waals surface area (Å²) >= 11 is 0. The van der Waals surface area contributed by atoms with E-state index in [1.807, 2.05) is 12.1 Å². The van der Waals surface area contributed by atoms with Crippen LogP contribution in [0.4, 0.5) is 30.8 Å². The molecule has 2 aliphatic carbocycles. The van der Waals surface area contributed by atoms with Crippen LogP contribution in [0.2, 0.25) is 0 Å². The maximum atomic E-state index is 14.8. The normalized spacial score (nSPS) is 26.6. The lowest BCUT2D eigenvalue weighted by Crippen LogP contribution is -2.57. The molecule has 2 aromatic heterocycles. The predicted octanol–water partition coefficient (Wildman–Crippen LogP) is 6.18. The molecule has 1 spiro atoms. The zero-order chi connectivity index (χ0) is 36.3. The standard InChI is InChI=1S/C38H42F3N7O4/c1-2-23-15-24-17-27(16-23)37(19-24,33(50)51)46-32(49)28-20-44-35(45-31(28)38(39,40)41)48-22-36(8-13-52-14-9-36)29-18-25(6-7-30(29)48)26-5-3-12-47(21-26)34-42-10-4-11-43-34/h4-7,10-11,18,20,23-24,27H,2-3,8-9,12-17,19,21-22H2,1H3,(H,46,49)(H,50,51). The van der Waals surface area contributed by atoms with Gasteiger partial charge in [-0.05, 0) is 97.6 Å². The molecule has 1 saturated heterocycles. The number of carbonyl (C=O) groups excluding carboxylic acids is 1. The molecule has 2 bridgehead atoms. The summed E-state index contributed by atoms with van der Waals surface area (Å²) in [7, 11) is 0. The van der Waals surface area contributed by atoms with Crippen LogP contribution in [-0.2, 0) is 21.1 Å². The molecule has 3 fully saturated rings. The molecule has 2 saturated carbocycles. The number of nitrogens with one attached hydrogen (secondary N) is 1. The summed E-state index contributed by atoms with van der Waals surface area (Å²) in [4.78, 5) is 47.5. The van der Waals surface area contributed by atoms with Gasteiger partial charge in [0.1, 0.15) is 5.54 Å². The van der Waals surface area contributed by atoms with Gasteiger partial charge in [0.15, 0.2) is 5.69 Å². The quantitative estimate of drug-likeness (QED) is 0.292. The lowest BCUT2D eigenvalue weighted by atomic mass is 9.75. The molecule has 0 radical (unpaired) electrons. The number of amides is 1. The van der Waals surface area contributed by atoms with Gasteiger partial charge in [-0.2, -0.15) is 13.2 Å². The molecule has 4 unspecified atom stereocenters. The number of fused-ring (bicyclic) bond motifs is 4. The van der Waals surface area contributed by atoms with Crippen molar-refractivity contribution in [1.82, 2.24) is 25.3 Å². The summed E-state index contributed by atoms with van der Waals surface area (Å²) in [6.45, 7) is 4.84. The maximum absolute atomic E-state index is 14.8. The number of anilines is 3. The highest BCUT2D eigenvalue weighted by molar-refractivity contribution is 5.99. The number of halogens is 3. The van der Waals surface area contributed by atoms with Crippen LogP contribution < -0.4 is 15.1 Å². The van der Waals surface area contributed by atoms with E-state index in [4.69, 9.17) is 4.74 Å². The first-order valence-electron chi connectivity index (χ1n) is 18.2. The van der Waals surface area contributed by atoms with E-state index < -0.39 is 40.3 Å². The Labute approximate surface area is 299 Å². The predicted molar refractivity (Wildman–Crippen MR) is 186 cm³/mol. The van der Waals surface area contributed by atoms with Gasteiger partial charge in [-0.15, -0.1) is 0 Å². The number of benzene rings is 1. The van der Waals surface area contributed by atoms with Crippen molar-refractivity contribution in [3.63, 3.8) is 0 Å². The SMILES string of the molecule is CCC1CC2CC(C1)C(NC(=O)c1cnc(N3CC4(CCOCC4)c4cc(C5=CCCN(c6ncccn6)C5)ccc43)nc1C(F)(F)F)(C(=O)O)C2. The summed E-state index contributed by atoms with van der Waals surface area (Å²) in [6, 6.07) is 7.82. The van der Waals surface area contributed by atoms with Crippen LogP contribution in [0.5, 0.6) is 0 Å². The third-order valence-electron chi connectivity index (χ3n) is 12.2. The number of alkyl halides is 3. The van der Waals surface area contributed by atoms with Crippen LogP contribution in [0.1, 0.15) is 85.5 Å². The van der Waals surface area contributed by atoms with Crippen LogP contribution in [0.25, 0.3) is 5.57 Å². The summed E-state index contributed by atoms with van der Waals surface area (Å²) in [5.41, 5.74) is -0.349. The van der Waals surface area contributed by atoms with Gasteiger partial charge in [-0.25, -0.2) is 24.7 Å². The van der Waals surface area contributed by atoms with Crippen molar-refractivity contribution in [3.8, 4) is 0 Å². The molecule has 14 heteroatoms. The van der Waals surface area contributed by atoms with Gasteiger partial charge in [0.2, 0.25) is 11.9 Å². The zero-order valence-corrected chi connectivity index (χ0v) is 29.0. The van der Waals surface area contributed by atoms with E-state index >= 15 is 0 Å². The van der Waals surface area contributed by atoms with Gasteiger partial charge in [-0.3, -0.25) is 4.79 Å². The Bertz CT molecular complexity index is 1900. The Kier molecular flexibility index (Phi) is 8.70. The molecule has 5 aliphatic rings. The number of carboxylic acid groups (broad SMARTS) is 1. The number of nitrogens with zero attached hydrogens (tertiary/aromatic N) is 6. The summed E-state index contributed by atoms with van der Waals surface area (Å²) in [6.07, 6.45) is 6.91. The minimum Gasteiger partial charge on any atom is -0.479 e. The lowest BCUT2D eigenvalue weighted by molar-refractivity contribution is -0.146. The van der Waals surface area contributed by atoms with E-state index in [9.17, 15) is 27.9 Å². The fourth-order valence-corrected chi connectivity index (χ4v) is 9.53. The first-order valence-corrected chi connectivity index (χ1v) is 18.2. The van der Waals surface area contributed by atoms with Gasteiger partial charge in [-0.1, -0.05) is 25.5 Å². The molecule has 4 atom stereocenters. The van der Waals surface area contributed by atoms with E-state index in [0.717, 1.165) is 48.7 Å². The number of aromatic nitrogens is 4. The number of rotatable bonds is 7. The number of aliphatic carboxylic acids is 1. The largest absolute Gasteiger partial charge is 0.479 e. The minimum absolute atomic E-state index is 0.0975. The minimum atomic E-state index is -5.00. The Morgan fingerprint density at radius 1 is 1.08 bits per heavy atom. The number of carboxylic acids is 1. The van der Waals surface area contributed by atoms with E-state index in [-0.39, 0.29) is 24.2 Å². The van der Waals surface area contributed by atoms with Gasteiger partial charge in [0.25, 0.3) is 5.91 Å². The molecule has 2 N–H and O–H groups in total. The molecule has 3 aromatic rings. The molecule has 274 valence electrons. The van der Waals surface area contributed by atoms with Crippen LogP contribution in [0.3, 0.4) is 0 Å². The average Bonchev–Trinajstić information content (AvgIpc) is 3.60. The highest BCUT2D eigenvalue weighted by atomic mass is 19.4. The van der Waals surface area contributed by atoms with Crippen molar-refractivity contribution in [2.75, 3.05) is 42.6 Å². The second-order valence-electron chi connectivity index (χ2n) is 15.1. The molecule has 1 aromatic carbocycles. The maximum Gasteiger partial charge on any atom is 0.434 e. The average molecular weight is 718 g/mol. The third kappa shape index (κ3) is 5.98. The van der Waals surface area contributed by atoms with Gasteiger partial charge in [0.05, 0.1) is 5.56 Å². The first-order chi connectivity index (χ1) is 25.0. The Hall–Kier alpha value is -4.59. The smallest absolute Gasteiger partial charge is 0.434 e. The highest BCUT2D eigenvalue weighted by Gasteiger charge is 2.57. The van der Waals surface area contributed by atoms with Crippen molar-refractivity contribution in [3.05, 3.63) is 71.3 Å². The second kappa shape index (κ2) is 13.1. The van der Waals surface area contributed by atoms with E-state index in [1.165, 1.54) is 0 Å². The van der Waals surface area contributed by atoms with Crippen LogP contribution in [0, 0.1) is 17.8 Å². The number of carbonyl (C=O) groups is 2. The molecule has 3 aliphatic heterocycles. The Morgan fingerprint density at radius 3 is 2.60 bits per heavy atom. The monoisotopic (exact) mass is 717 g/mol. The van der Waals surface area contributed by atoms with Gasteiger partial charge in [0, 0.05) is 62.5 Å². The van der Waals surface area contributed by atoms with E-state index in [0.29, 0.717) is 69.5 Å². The van der Waals surface area contributed by atoms with Crippen molar-refractivity contribution in [2.45, 2.75) is 75.4 Å². The Balaban J connectivity index is 1.12. The number of hydrogen-bond donors (Lipinski definition) is 2. The highest BCUT2D eigenvalue weighted by Crippen LogP contribution is 2.52. The fraction of sp³-hybridized carbons (Fsp3) is 0.526. The fourth-order valence-electron chi connectivity index (χ4n) is 9.53. The molecular weight excluding hydrogens is 675 g/mol. The third-order valence-corrected chi connectivity index (χ3v) is 12.2. The molecule has 5 heterocycles. The molecular formula is C38H42F3N7O4. The molecule has 11 nitrogen and oxygen atoms in total. The zero-order valence-electron chi connectivity index (χ0n) is 29.0. The van der Waals surface area contributed by atoms with Crippen molar-refractivity contribution < 1.29 is 32.6 Å². The van der Waals surface area contributed by atoms with Crippen molar-refractivity contribution in [1.29, 1.82) is 0 Å². The molecule has 52 heavy (non-hydrogen) atoms. The summed E-state index contributed by atoms with van der Waals surface area (Å²) in [5, 5.41) is 12.9. The van der Waals surface area contributed by atoms with Crippen molar-refractivity contribution in [2.24, 2.45) is 17.8 Å². The summed E-state index contributed by atoms with van der Waals surface area (Å²) < 4.78 is 50.0. The van der Waals surface area contributed by atoms with Gasteiger partial charge < -0.3 is 25.0 Å². The topological polar surface area (TPSA) is 134 Å². The lowest BCUT2D eigenvalue weighted by Gasteiger charge is -2.34. The van der Waals surface area contributed by atoms with E-state index in [2.05, 4.69) is 49.2 Å². The Morgan fingerprint density at radius 2 is 1.87 bits per heavy atom. The summed E-state index contributed by atoms with van der Waals surface area (Å²) in [5.74, 6) is -1.77. The number of hydrogen-bond acceptors (Lipinski definition) is 9. The number of ether oxygens (including phenoxy) is 1. The molecule has 1 amide bonds. The van der Waals surface area contributed by atoms with Crippen LogP contribution >= 0.6 is 0 Å². The molecule has 8 rings (SSSR count). The second-order valence-corrected chi connectivity index (χ2v) is 15.1. The van der Waals surface area contributed by atoms with Crippen LogP contribution in [0.15, 0.2) is 48.9 Å². The first kappa shape index (κ1) is 34.5.